The highest BCUT2D eigenvalue weighted by molar-refractivity contribution is 7.22. The molecule has 0 saturated carbocycles. The van der Waals surface area contributed by atoms with Crippen LogP contribution < -0.4 is 14.4 Å². The number of morpholine rings is 1. The molecule has 0 radical (unpaired) electrons. The van der Waals surface area contributed by atoms with Gasteiger partial charge in [0.15, 0.2) is 5.13 Å². The number of rotatable bonds is 8. The maximum atomic E-state index is 13.3. The molecule has 1 saturated heterocycles. The molecule has 34 heavy (non-hydrogen) atoms. The molecule has 1 aromatic heterocycles. The highest BCUT2D eigenvalue weighted by Crippen LogP contribution is 2.33. The largest absolute Gasteiger partial charge is 0.573 e. The third-order valence-corrected chi connectivity index (χ3v) is 6.41. The zero-order valence-electron chi connectivity index (χ0n) is 18.5. The number of halogens is 3. The molecular formula is C23H24F3N3O4S. The van der Waals surface area contributed by atoms with Gasteiger partial charge in [-0.15, -0.1) is 13.2 Å². The molecule has 0 bridgehead atoms. The van der Waals surface area contributed by atoms with Crippen LogP contribution in [-0.4, -0.2) is 68.7 Å². The Bertz CT molecular complexity index is 1110. The second kappa shape index (κ2) is 10.6. The first kappa shape index (κ1) is 24.2. The zero-order valence-corrected chi connectivity index (χ0v) is 19.3. The predicted molar refractivity (Wildman–Crippen MR) is 123 cm³/mol. The fourth-order valence-electron chi connectivity index (χ4n) is 3.61. The van der Waals surface area contributed by atoms with Crippen LogP contribution in [0.3, 0.4) is 0 Å². The van der Waals surface area contributed by atoms with Crippen molar-refractivity contribution in [1.29, 1.82) is 0 Å². The summed E-state index contributed by atoms with van der Waals surface area (Å²) < 4.78 is 52.9. The van der Waals surface area contributed by atoms with Gasteiger partial charge in [-0.1, -0.05) is 23.5 Å². The molecule has 0 unspecified atom stereocenters. The van der Waals surface area contributed by atoms with Gasteiger partial charge in [-0.3, -0.25) is 14.6 Å². The van der Waals surface area contributed by atoms with Crippen LogP contribution in [0.2, 0.25) is 0 Å². The molecule has 1 fully saturated rings. The van der Waals surface area contributed by atoms with Gasteiger partial charge in [-0.05, 0) is 29.8 Å². The van der Waals surface area contributed by atoms with Crippen LogP contribution in [0.5, 0.6) is 11.5 Å². The first-order valence-corrected chi connectivity index (χ1v) is 11.5. The molecule has 4 rings (SSSR count). The zero-order chi connectivity index (χ0) is 24.1. The minimum Gasteiger partial charge on any atom is -0.497 e. The van der Waals surface area contributed by atoms with E-state index < -0.39 is 6.36 Å². The highest BCUT2D eigenvalue weighted by Gasteiger charge is 2.31. The molecule has 7 nitrogen and oxygen atoms in total. The minimum atomic E-state index is -4.78. The second-order valence-corrected chi connectivity index (χ2v) is 8.71. The number of amides is 1. The summed E-state index contributed by atoms with van der Waals surface area (Å²) in [5.41, 5.74) is 1.33. The summed E-state index contributed by atoms with van der Waals surface area (Å²) in [5, 5.41) is 0.436. The number of fused-ring (bicyclic) bond motifs is 1. The van der Waals surface area contributed by atoms with E-state index in [4.69, 9.17) is 9.47 Å². The van der Waals surface area contributed by atoms with Crippen molar-refractivity contribution >= 4 is 32.6 Å². The Hall–Kier alpha value is -2.89. The fourth-order valence-corrected chi connectivity index (χ4v) is 4.65. The molecule has 182 valence electrons. The third-order valence-electron chi connectivity index (χ3n) is 5.37. The lowest BCUT2D eigenvalue weighted by Crippen LogP contribution is -2.43. The van der Waals surface area contributed by atoms with Gasteiger partial charge in [0.1, 0.15) is 11.5 Å². The van der Waals surface area contributed by atoms with Crippen molar-refractivity contribution in [2.24, 2.45) is 0 Å². The van der Waals surface area contributed by atoms with Gasteiger partial charge < -0.3 is 14.2 Å². The monoisotopic (exact) mass is 495 g/mol. The standard InChI is InChI=1S/C23H24F3N3O4S/c1-31-17-4-2-16(3-5-17)14-21(30)29(9-8-28-10-12-32-13-11-28)22-27-19-7-6-18(15-20(19)34-22)33-23(24,25)26/h2-7,15H,8-14H2,1H3. The Morgan fingerprint density at radius 2 is 1.85 bits per heavy atom. The number of nitrogens with zero attached hydrogens (tertiary/aromatic N) is 3. The Morgan fingerprint density at radius 1 is 1.15 bits per heavy atom. The van der Waals surface area contributed by atoms with E-state index >= 15 is 0 Å². The van der Waals surface area contributed by atoms with Gasteiger partial charge in [-0.25, -0.2) is 4.98 Å². The van der Waals surface area contributed by atoms with Crippen LogP contribution in [-0.2, 0) is 16.0 Å². The SMILES string of the molecule is COc1ccc(CC(=O)N(CCN2CCOCC2)c2nc3ccc(OC(F)(F)F)cc3s2)cc1. The van der Waals surface area contributed by atoms with Gasteiger partial charge in [0.25, 0.3) is 0 Å². The van der Waals surface area contributed by atoms with Crippen LogP contribution in [0.25, 0.3) is 10.2 Å². The quantitative estimate of drug-likeness (QED) is 0.469. The summed E-state index contributed by atoms with van der Waals surface area (Å²) in [6.45, 7) is 3.87. The number of carbonyl (C=O) groups excluding carboxylic acids is 1. The van der Waals surface area contributed by atoms with Crippen molar-refractivity contribution in [3.05, 3.63) is 48.0 Å². The lowest BCUT2D eigenvalue weighted by molar-refractivity contribution is -0.274. The molecule has 0 spiro atoms. The summed E-state index contributed by atoms with van der Waals surface area (Å²) in [5.74, 6) is 0.229. The fraction of sp³-hybridized carbons (Fsp3) is 0.391. The van der Waals surface area contributed by atoms with Crippen molar-refractivity contribution in [3.63, 3.8) is 0 Å². The molecule has 0 aliphatic carbocycles. The number of benzene rings is 2. The second-order valence-electron chi connectivity index (χ2n) is 7.70. The van der Waals surface area contributed by atoms with Gasteiger partial charge in [0, 0.05) is 32.2 Å². The Labute approximate surface area is 198 Å². The number of aromatic nitrogens is 1. The number of hydrogen-bond donors (Lipinski definition) is 0. The number of ether oxygens (including phenoxy) is 3. The van der Waals surface area contributed by atoms with E-state index in [1.54, 1.807) is 24.1 Å². The van der Waals surface area contributed by atoms with E-state index in [0.717, 1.165) is 30.0 Å². The summed E-state index contributed by atoms with van der Waals surface area (Å²) >= 11 is 1.16. The van der Waals surface area contributed by atoms with Crippen LogP contribution in [0.15, 0.2) is 42.5 Å². The van der Waals surface area contributed by atoms with Crippen LogP contribution >= 0.6 is 11.3 Å². The number of methoxy groups -OCH3 is 1. The van der Waals surface area contributed by atoms with Gasteiger partial charge in [0.2, 0.25) is 5.91 Å². The van der Waals surface area contributed by atoms with E-state index in [9.17, 15) is 18.0 Å². The van der Waals surface area contributed by atoms with Crippen LogP contribution in [0.4, 0.5) is 18.3 Å². The molecule has 1 amide bonds. The van der Waals surface area contributed by atoms with E-state index in [1.165, 1.54) is 18.2 Å². The molecule has 0 atom stereocenters. The molecule has 0 N–H and O–H groups in total. The average Bonchev–Trinajstić information content (AvgIpc) is 3.22. The van der Waals surface area contributed by atoms with E-state index in [1.807, 2.05) is 12.1 Å². The highest BCUT2D eigenvalue weighted by atomic mass is 32.1. The average molecular weight is 496 g/mol. The number of alkyl halides is 3. The van der Waals surface area contributed by atoms with Crippen molar-refractivity contribution in [3.8, 4) is 11.5 Å². The first-order valence-electron chi connectivity index (χ1n) is 10.7. The van der Waals surface area contributed by atoms with Crippen molar-refractivity contribution < 1.29 is 32.2 Å². The molecule has 2 heterocycles. The number of thiazole rings is 1. The molecular weight excluding hydrogens is 471 g/mol. The van der Waals surface area contributed by atoms with Crippen LogP contribution in [0, 0.1) is 0 Å². The summed E-state index contributed by atoms with van der Waals surface area (Å²) in [6, 6.07) is 11.2. The van der Waals surface area contributed by atoms with Gasteiger partial charge in [-0.2, -0.15) is 0 Å². The lowest BCUT2D eigenvalue weighted by atomic mass is 10.1. The Morgan fingerprint density at radius 3 is 2.53 bits per heavy atom. The topological polar surface area (TPSA) is 64.1 Å². The van der Waals surface area contributed by atoms with E-state index in [-0.39, 0.29) is 18.1 Å². The third kappa shape index (κ3) is 6.37. The van der Waals surface area contributed by atoms with Crippen molar-refractivity contribution in [2.75, 3.05) is 51.4 Å². The normalized spacial score (nSPS) is 14.8. The predicted octanol–water partition coefficient (Wildman–Crippen LogP) is 4.11. The number of hydrogen-bond acceptors (Lipinski definition) is 7. The van der Waals surface area contributed by atoms with E-state index in [0.29, 0.717) is 47.4 Å². The molecule has 11 heteroatoms. The number of carbonyl (C=O) groups is 1. The lowest BCUT2D eigenvalue weighted by Gasteiger charge is -2.29. The summed E-state index contributed by atoms with van der Waals surface area (Å²) in [6.07, 6.45) is -4.62. The maximum Gasteiger partial charge on any atom is 0.573 e. The summed E-state index contributed by atoms with van der Waals surface area (Å²) in [4.78, 5) is 21.7. The van der Waals surface area contributed by atoms with Gasteiger partial charge >= 0.3 is 6.36 Å². The Kier molecular flexibility index (Phi) is 7.54. The Balaban J connectivity index is 1.56. The smallest absolute Gasteiger partial charge is 0.497 e. The first-order chi connectivity index (χ1) is 16.3. The van der Waals surface area contributed by atoms with Crippen LogP contribution in [0.1, 0.15) is 5.56 Å². The molecule has 1 aliphatic heterocycles. The van der Waals surface area contributed by atoms with Crippen molar-refractivity contribution in [1.82, 2.24) is 9.88 Å². The minimum absolute atomic E-state index is 0.149. The van der Waals surface area contributed by atoms with Gasteiger partial charge in [0.05, 0.1) is 37.0 Å². The number of anilines is 1. The van der Waals surface area contributed by atoms with Crippen molar-refractivity contribution in [2.45, 2.75) is 12.8 Å². The van der Waals surface area contributed by atoms with E-state index in [2.05, 4.69) is 14.6 Å². The molecule has 2 aromatic carbocycles. The molecule has 3 aromatic rings. The molecule has 1 aliphatic rings. The maximum absolute atomic E-state index is 13.3. The summed E-state index contributed by atoms with van der Waals surface area (Å²) in [7, 11) is 1.58.